The number of aromatic carboxylic acids is 1. The molecule has 2 heterocycles. The molecule has 2 aromatic carbocycles. The highest BCUT2D eigenvalue weighted by Gasteiger charge is 2.39. The van der Waals surface area contributed by atoms with Gasteiger partial charge in [-0.05, 0) is 92.6 Å². The predicted molar refractivity (Wildman–Crippen MR) is 140 cm³/mol. The van der Waals surface area contributed by atoms with Crippen LogP contribution in [0.4, 0.5) is 5.69 Å². The van der Waals surface area contributed by atoms with Crippen molar-refractivity contribution in [1.82, 2.24) is 9.47 Å². The third-order valence-corrected chi connectivity index (χ3v) is 7.62. The highest BCUT2D eigenvalue weighted by atomic mass is 32.2. The fourth-order valence-corrected chi connectivity index (χ4v) is 5.94. The van der Waals surface area contributed by atoms with Crippen LogP contribution in [0.15, 0.2) is 70.6 Å². The molecule has 1 N–H and O–H groups in total. The fraction of sp³-hybridized carbons (Fsp3) is 0.250. The summed E-state index contributed by atoms with van der Waals surface area (Å²) >= 11 is 1.44. The van der Waals surface area contributed by atoms with Crippen molar-refractivity contribution in [3.8, 4) is 5.69 Å². The first-order chi connectivity index (χ1) is 16.9. The Hall–Kier alpha value is -3.58. The number of carbonyl (C=O) groups is 2. The molecule has 5 rings (SSSR count). The summed E-state index contributed by atoms with van der Waals surface area (Å²) in [6.45, 7) is 4.03. The molecule has 1 aliphatic heterocycles. The second-order valence-corrected chi connectivity index (χ2v) is 9.98. The average molecular weight is 486 g/mol. The fourth-order valence-electron chi connectivity index (χ4n) is 4.89. The van der Waals surface area contributed by atoms with Crippen LogP contribution in [0.5, 0.6) is 0 Å². The van der Waals surface area contributed by atoms with E-state index in [9.17, 15) is 14.7 Å². The number of carboxylic acids is 1. The number of aromatic nitrogens is 1. The summed E-state index contributed by atoms with van der Waals surface area (Å²) in [5.74, 6) is -0.924. The number of carbonyl (C=O) groups excluding carboxylic acids is 1. The van der Waals surface area contributed by atoms with Gasteiger partial charge in [-0.15, -0.1) is 0 Å². The number of rotatable bonds is 5. The summed E-state index contributed by atoms with van der Waals surface area (Å²) in [7, 11) is 0. The molecule has 0 atom stereocenters. The van der Waals surface area contributed by atoms with Crippen molar-refractivity contribution in [2.24, 2.45) is 4.99 Å². The van der Waals surface area contributed by atoms with E-state index in [2.05, 4.69) is 10.6 Å². The summed E-state index contributed by atoms with van der Waals surface area (Å²) in [6.07, 6.45) is 6.26. The van der Waals surface area contributed by atoms with Crippen molar-refractivity contribution >= 4 is 40.6 Å². The Morgan fingerprint density at radius 3 is 2.40 bits per heavy atom. The largest absolute Gasteiger partial charge is 0.478 e. The summed E-state index contributed by atoms with van der Waals surface area (Å²) in [6, 6.07) is 18.9. The summed E-state index contributed by atoms with van der Waals surface area (Å²) in [5.41, 5.74) is 4.96. The van der Waals surface area contributed by atoms with Crippen molar-refractivity contribution in [2.75, 3.05) is 0 Å². The lowest BCUT2D eigenvalue weighted by molar-refractivity contribution is -0.123. The number of aryl methyl sites for hydroxylation is 1. The molecule has 7 heteroatoms. The van der Waals surface area contributed by atoms with Crippen LogP contribution < -0.4 is 0 Å². The zero-order chi connectivity index (χ0) is 24.5. The molecule has 0 spiro atoms. The lowest BCUT2D eigenvalue weighted by atomic mass is 10.2. The number of thioether (sulfide) groups is 1. The van der Waals surface area contributed by atoms with E-state index in [1.165, 1.54) is 11.8 Å². The molecule has 35 heavy (non-hydrogen) atoms. The molecule has 6 nitrogen and oxygen atoms in total. The number of para-hydroxylation sites is 1. The van der Waals surface area contributed by atoms with Crippen molar-refractivity contribution in [3.05, 3.63) is 88.1 Å². The van der Waals surface area contributed by atoms with Crippen LogP contribution in [0, 0.1) is 13.8 Å². The van der Waals surface area contributed by atoms with E-state index in [1.807, 2.05) is 67.3 Å². The van der Waals surface area contributed by atoms with Crippen LogP contribution in [0.25, 0.3) is 11.8 Å². The molecule has 0 bridgehead atoms. The third-order valence-electron chi connectivity index (χ3n) is 6.64. The van der Waals surface area contributed by atoms with Gasteiger partial charge >= 0.3 is 5.97 Å². The van der Waals surface area contributed by atoms with E-state index in [4.69, 9.17) is 4.99 Å². The molecule has 0 radical (unpaired) electrons. The molecule has 1 amide bonds. The van der Waals surface area contributed by atoms with Gasteiger partial charge < -0.3 is 9.67 Å². The molecule has 1 saturated heterocycles. The van der Waals surface area contributed by atoms with Crippen LogP contribution >= 0.6 is 11.8 Å². The molecule has 1 aliphatic carbocycles. The highest BCUT2D eigenvalue weighted by molar-refractivity contribution is 8.18. The molecule has 178 valence electrons. The first-order valence-corrected chi connectivity index (χ1v) is 12.6. The second kappa shape index (κ2) is 9.58. The highest BCUT2D eigenvalue weighted by Crippen LogP contribution is 2.39. The predicted octanol–water partition coefficient (Wildman–Crippen LogP) is 6.34. The standard InChI is InChI=1S/C28H27N3O3S/c1-18-16-21(19(2)30(18)24-14-12-20(13-15-24)27(33)34)17-25-26(32)31(23-10-6-7-11-23)28(35-25)29-22-8-4-3-5-9-22/h3-5,8-9,12-17,23H,6-7,10-11H2,1-2H3,(H,33,34)/b25-17-,29-28?. The van der Waals surface area contributed by atoms with E-state index < -0.39 is 5.97 Å². The molecular weight excluding hydrogens is 458 g/mol. The van der Waals surface area contributed by atoms with Gasteiger partial charge in [0.05, 0.1) is 16.2 Å². The number of benzene rings is 2. The van der Waals surface area contributed by atoms with Gasteiger partial charge in [-0.2, -0.15) is 0 Å². The maximum atomic E-state index is 13.6. The zero-order valence-corrected chi connectivity index (χ0v) is 20.6. The minimum atomic E-state index is -0.945. The van der Waals surface area contributed by atoms with Crippen molar-refractivity contribution < 1.29 is 14.7 Å². The van der Waals surface area contributed by atoms with Gasteiger partial charge in [-0.25, -0.2) is 9.79 Å². The molecule has 1 aromatic heterocycles. The Bertz CT molecular complexity index is 1330. The van der Waals surface area contributed by atoms with Crippen LogP contribution in [0.3, 0.4) is 0 Å². The topological polar surface area (TPSA) is 74.9 Å². The van der Waals surface area contributed by atoms with Gasteiger partial charge in [0.2, 0.25) is 0 Å². The molecule has 3 aromatic rings. The van der Waals surface area contributed by atoms with Gasteiger partial charge in [-0.3, -0.25) is 9.69 Å². The average Bonchev–Trinajstić information content (AvgIpc) is 3.54. The third kappa shape index (κ3) is 4.56. The number of hydrogen-bond donors (Lipinski definition) is 1. The number of aliphatic imine (C=N–C) groups is 1. The monoisotopic (exact) mass is 485 g/mol. The Morgan fingerprint density at radius 1 is 1.06 bits per heavy atom. The van der Waals surface area contributed by atoms with E-state index in [-0.39, 0.29) is 17.5 Å². The first kappa shape index (κ1) is 23.2. The van der Waals surface area contributed by atoms with Gasteiger partial charge in [0, 0.05) is 23.1 Å². The second-order valence-electron chi connectivity index (χ2n) is 8.97. The van der Waals surface area contributed by atoms with E-state index in [1.54, 1.807) is 12.1 Å². The van der Waals surface area contributed by atoms with Crippen molar-refractivity contribution in [3.63, 3.8) is 0 Å². The Labute approximate surface area is 209 Å². The Morgan fingerprint density at radius 2 is 1.74 bits per heavy atom. The number of carboxylic acid groups (broad SMARTS) is 1. The van der Waals surface area contributed by atoms with Crippen LogP contribution in [-0.4, -0.2) is 37.7 Å². The van der Waals surface area contributed by atoms with Crippen LogP contribution in [0.1, 0.15) is 53.0 Å². The quantitative estimate of drug-likeness (QED) is 0.428. The van der Waals surface area contributed by atoms with Gasteiger partial charge in [-0.1, -0.05) is 31.0 Å². The lowest BCUT2D eigenvalue weighted by Crippen LogP contribution is -2.37. The van der Waals surface area contributed by atoms with Gasteiger partial charge in [0.1, 0.15) is 0 Å². The van der Waals surface area contributed by atoms with Crippen molar-refractivity contribution in [1.29, 1.82) is 0 Å². The summed E-state index contributed by atoms with van der Waals surface area (Å²) in [5, 5.41) is 9.94. The minimum Gasteiger partial charge on any atom is -0.478 e. The Balaban J connectivity index is 1.50. The number of hydrogen-bond acceptors (Lipinski definition) is 4. The SMILES string of the molecule is Cc1cc(/C=C2\SC(=Nc3ccccc3)N(C3CCCC3)C2=O)c(C)n1-c1ccc(C(=O)O)cc1. The minimum absolute atomic E-state index is 0.0206. The maximum Gasteiger partial charge on any atom is 0.335 e. The molecule has 1 saturated carbocycles. The molecule has 2 fully saturated rings. The molecule has 0 unspecified atom stereocenters. The molecule has 2 aliphatic rings. The normalized spacial score (nSPS) is 18.8. The lowest BCUT2D eigenvalue weighted by Gasteiger charge is -2.22. The zero-order valence-electron chi connectivity index (χ0n) is 19.8. The van der Waals surface area contributed by atoms with Crippen molar-refractivity contribution in [2.45, 2.75) is 45.6 Å². The number of amidine groups is 1. The van der Waals surface area contributed by atoms with Crippen LogP contribution in [0.2, 0.25) is 0 Å². The van der Waals surface area contributed by atoms with E-state index in [0.717, 1.165) is 59.2 Å². The Kier molecular flexibility index (Phi) is 6.34. The van der Waals surface area contributed by atoms with Gasteiger partial charge in [0.25, 0.3) is 5.91 Å². The number of nitrogens with zero attached hydrogens (tertiary/aromatic N) is 3. The van der Waals surface area contributed by atoms with E-state index in [0.29, 0.717) is 4.91 Å². The molecular formula is C28H27N3O3S. The smallest absolute Gasteiger partial charge is 0.335 e. The first-order valence-electron chi connectivity index (χ1n) is 11.8. The summed E-state index contributed by atoms with van der Waals surface area (Å²) in [4.78, 5) is 32.2. The number of amides is 1. The summed E-state index contributed by atoms with van der Waals surface area (Å²) < 4.78 is 2.08. The van der Waals surface area contributed by atoms with Crippen LogP contribution in [-0.2, 0) is 4.79 Å². The maximum absolute atomic E-state index is 13.6. The van der Waals surface area contributed by atoms with Gasteiger partial charge in [0.15, 0.2) is 5.17 Å². The van der Waals surface area contributed by atoms with E-state index >= 15 is 0 Å².